The van der Waals surface area contributed by atoms with E-state index in [4.69, 9.17) is 11.6 Å². The second-order valence-electron chi connectivity index (χ2n) is 4.13. The molecule has 1 unspecified atom stereocenters. The lowest BCUT2D eigenvalue weighted by molar-refractivity contribution is 0.217. The zero-order chi connectivity index (χ0) is 13.7. The molecule has 0 fully saturated rings. The Morgan fingerprint density at radius 3 is 2.74 bits per heavy atom. The zero-order valence-corrected chi connectivity index (χ0v) is 10.9. The Morgan fingerprint density at radius 1 is 1.42 bits per heavy atom. The van der Waals surface area contributed by atoms with Crippen molar-refractivity contribution < 1.29 is 9.90 Å². The number of imidazole rings is 1. The Hall–Kier alpha value is -1.85. The van der Waals surface area contributed by atoms with Crippen molar-refractivity contribution in [1.82, 2.24) is 14.9 Å². The molecule has 1 amide bonds. The van der Waals surface area contributed by atoms with Crippen LogP contribution in [0, 0.1) is 0 Å². The third-order valence-electron chi connectivity index (χ3n) is 2.68. The second-order valence-corrected chi connectivity index (χ2v) is 4.57. The first-order valence-corrected chi connectivity index (χ1v) is 6.21. The highest BCUT2D eigenvalue weighted by Gasteiger charge is 2.13. The minimum absolute atomic E-state index is 0.136. The SMILES string of the molecule is O=C(NC(CO)Cc1ccc(Cl)cc1)n1ccnc1. The predicted molar refractivity (Wildman–Crippen MR) is 72.2 cm³/mol. The van der Waals surface area contributed by atoms with Crippen LogP contribution in [0.15, 0.2) is 43.0 Å². The van der Waals surface area contributed by atoms with Crippen LogP contribution in [0.25, 0.3) is 0 Å². The third-order valence-corrected chi connectivity index (χ3v) is 2.93. The topological polar surface area (TPSA) is 67.2 Å². The molecule has 0 bridgehead atoms. The number of carbonyl (C=O) groups is 1. The van der Waals surface area contributed by atoms with Crippen LogP contribution < -0.4 is 5.32 Å². The number of rotatable bonds is 4. The first-order chi connectivity index (χ1) is 9.19. The van der Waals surface area contributed by atoms with Crippen LogP contribution in [0.3, 0.4) is 0 Å². The Morgan fingerprint density at radius 2 is 2.16 bits per heavy atom. The van der Waals surface area contributed by atoms with Gasteiger partial charge in [-0.2, -0.15) is 0 Å². The van der Waals surface area contributed by atoms with Gasteiger partial charge in [0, 0.05) is 17.4 Å². The van der Waals surface area contributed by atoms with Gasteiger partial charge in [0.2, 0.25) is 0 Å². The molecule has 0 saturated carbocycles. The van der Waals surface area contributed by atoms with Crippen molar-refractivity contribution in [2.45, 2.75) is 12.5 Å². The molecule has 2 rings (SSSR count). The van der Waals surface area contributed by atoms with Crippen molar-refractivity contribution in [3.05, 3.63) is 53.6 Å². The van der Waals surface area contributed by atoms with E-state index < -0.39 is 0 Å². The van der Waals surface area contributed by atoms with Crippen molar-refractivity contribution in [2.75, 3.05) is 6.61 Å². The number of nitrogens with zero attached hydrogens (tertiary/aromatic N) is 2. The molecular formula is C13H14ClN3O2. The smallest absolute Gasteiger partial charge is 0.327 e. The molecular weight excluding hydrogens is 266 g/mol. The largest absolute Gasteiger partial charge is 0.394 e. The number of aromatic nitrogens is 2. The van der Waals surface area contributed by atoms with Gasteiger partial charge in [-0.3, -0.25) is 4.57 Å². The van der Waals surface area contributed by atoms with Crippen LogP contribution in [-0.2, 0) is 6.42 Å². The molecule has 0 saturated heterocycles. The number of nitrogens with one attached hydrogen (secondary N) is 1. The summed E-state index contributed by atoms with van der Waals surface area (Å²) in [4.78, 5) is 15.6. The highest BCUT2D eigenvalue weighted by molar-refractivity contribution is 6.30. The standard InChI is InChI=1S/C13H14ClN3O2/c14-11-3-1-10(2-4-11)7-12(8-18)16-13(19)17-6-5-15-9-17/h1-6,9,12,18H,7-8H2,(H,16,19). The quantitative estimate of drug-likeness (QED) is 0.895. The van der Waals surface area contributed by atoms with Gasteiger partial charge in [0.05, 0.1) is 12.6 Å². The number of hydrogen-bond acceptors (Lipinski definition) is 3. The average Bonchev–Trinajstić information content (AvgIpc) is 2.94. The van der Waals surface area contributed by atoms with Crippen molar-refractivity contribution in [3.63, 3.8) is 0 Å². The normalized spacial score (nSPS) is 12.1. The number of amides is 1. The van der Waals surface area contributed by atoms with E-state index in [0.717, 1.165) is 5.56 Å². The summed E-state index contributed by atoms with van der Waals surface area (Å²) < 4.78 is 1.32. The van der Waals surface area contributed by atoms with Gasteiger partial charge in [0.15, 0.2) is 0 Å². The fourth-order valence-electron chi connectivity index (χ4n) is 1.69. The molecule has 2 aromatic rings. The number of carbonyl (C=O) groups excluding carboxylic acids is 1. The predicted octanol–water partition coefficient (Wildman–Crippen LogP) is 1.70. The van der Waals surface area contributed by atoms with Gasteiger partial charge < -0.3 is 10.4 Å². The minimum Gasteiger partial charge on any atom is -0.394 e. The van der Waals surface area contributed by atoms with Gasteiger partial charge in [-0.05, 0) is 24.1 Å². The summed E-state index contributed by atoms with van der Waals surface area (Å²) in [6, 6.07) is 6.64. The maximum absolute atomic E-state index is 11.8. The fourth-order valence-corrected chi connectivity index (χ4v) is 1.82. The molecule has 100 valence electrons. The molecule has 6 heteroatoms. The van der Waals surface area contributed by atoms with Gasteiger partial charge in [0.1, 0.15) is 6.33 Å². The number of hydrogen-bond donors (Lipinski definition) is 2. The van der Waals surface area contributed by atoms with E-state index in [1.54, 1.807) is 18.3 Å². The summed E-state index contributed by atoms with van der Waals surface area (Å²) in [6.07, 6.45) is 5.01. The molecule has 5 nitrogen and oxygen atoms in total. The molecule has 1 aromatic heterocycles. The molecule has 1 atom stereocenters. The van der Waals surface area contributed by atoms with Crippen LogP contribution in [0.2, 0.25) is 5.02 Å². The van der Waals surface area contributed by atoms with E-state index in [1.807, 2.05) is 12.1 Å². The van der Waals surface area contributed by atoms with E-state index >= 15 is 0 Å². The molecule has 0 aliphatic heterocycles. The Balaban J connectivity index is 1.97. The van der Waals surface area contributed by atoms with Crippen molar-refractivity contribution in [3.8, 4) is 0 Å². The summed E-state index contributed by atoms with van der Waals surface area (Å²) in [5.74, 6) is 0. The number of benzene rings is 1. The van der Waals surface area contributed by atoms with Gasteiger partial charge >= 0.3 is 6.03 Å². The molecule has 2 N–H and O–H groups in total. The molecule has 1 aromatic carbocycles. The van der Waals surface area contributed by atoms with Crippen LogP contribution in [0.5, 0.6) is 0 Å². The van der Waals surface area contributed by atoms with Crippen LogP contribution in [-0.4, -0.2) is 33.3 Å². The first-order valence-electron chi connectivity index (χ1n) is 5.83. The summed E-state index contributed by atoms with van der Waals surface area (Å²) in [6.45, 7) is -0.136. The molecule has 0 spiro atoms. The van der Waals surface area contributed by atoms with Crippen molar-refractivity contribution >= 4 is 17.6 Å². The van der Waals surface area contributed by atoms with Gasteiger partial charge in [-0.25, -0.2) is 9.78 Å². The van der Waals surface area contributed by atoms with Crippen LogP contribution >= 0.6 is 11.6 Å². The summed E-state index contributed by atoms with van der Waals surface area (Å²) >= 11 is 5.80. The van der Waals surface area contributed by atoms with E-state index in [2.05, 4.69) is 10.3 Å². The highest BCUT2D eigenvalue weighted by Crippen LogP contribution is 2.11. The van der Waals surface area contributed by atoms with Crippen LogP contribution in [0.4, 0.5) is 4.79 Å². The monoisotopic (exact) mass is 279 g/mol. The summed E-state index contributed by atoms with van der Waals surface area (Å²) in [7, 11) is 0. The Bertz CT molecular complexity index is 525. The highest BCUT2D eigenvalue weighted by atomic mass is 35.5. The van der Waals surface area contributed by atoms with E-state index in [1.165, 1.54) is 17.1 Å². The van der Waals surface area contributed by atoms with Gasteiger partial charge in [-0.15, -0.1) is 0 Å². The molecule has 0 radical (unpaired) electrons. The molecule has 0 aliphatic carbocycles. The number of aliphatic hydroxyl groups is 1. The zero-order valence-electron chi connectivity index (χ0n) is 10.2. The second kappa shape index (κ2) is 6.36. The average molecular weight is 280 g/mol. The maximum Gasteiger partial charge on any atom is 0.327 e. The fraction of sp³-hybridized carbons (Fsp3) is 0.231. The van der Waals surface area contributed by atoms with E-state index in [0.29, 0.717) is 11.4 Å². The third kappa shape index (κ3) is 3.81. The lowest BCUT2D eigenvalue weighted by atomic mass is 10.1. The number of aliphatic hydroxyl groups excluding tert-OH is 1. The molecule has 19 heavy (non-hydrogen) atoms. The maximum atomic E-state index is 11.8. The summed E-state index contributed by atoms with van der Waals surface area (Å²) in [5.41, 5.74) is 0.995. The summed E-state index contributed by atoms with van der Waals surface area (Å²) in [5, 5.41) is 12.7. The Kier molecular flexibility index (Phi) is 4.54. The van der Waals surface area contributed by atoms with Gasteiger partial charge in [0.25, 0.3) is 0 Å². The molecule has 0 aliphatic rings. The van der Waals surface area contributed by atoms with Crippen molar-refractivity contribution in [2.24, 2.45) is 0 Å². The lowest BCUT2D eigenvalue weighted by Crippen LogP contribution is -2.41. The minimum atomic E-state index is -0.351. The van der Waals surface area contributed by atoms with Crippen LogP contribution in [0.1, 0.15) is 5.56 Å². The first kappa shape index (κ1) is 13.6. The van der Waals surface area contributed by atoms with Gasteiger partial charge in [-0.1, -0.05) is 23.7 Å². The lowest BCUT2D eigenvalue weighted by Gasteiger charge is -2.16. The number of halogens is 1. The molecule has 1 heterocycles. The Labute approximate surface area is 115 Å². The van der Waals surface area contributed by atoms with E-state index in [-0.39, 0.29) is 18.7 Å². The van der Waals surface area contributed by atoms with E-state index in [9.17, 15) is 9.90 Å². The van der Waals surface area contributed by atoms with Crippen molar-refractivity contribution in [1.29, 1.82) is 0 Å².